The number of aryl methyl sites for hydroxylation is 1. The second kappa shape index (κ2) is 10.7. The number of nitrogens with zero attached hydrogens (tertiary/aromatic N) is 2. The zero-order valence-corrected chi connectivity index (χ0v) is 22.2. The van der Waals surface area contributed by atoms with Crippen LogP contribution < -0.4 is 10.1 Å². The van der Waals surface area contributed by atoms with Crippen LogP contribution in [0.15, 0.2) is 53.9 Å². The van der Waals surface area contributed by atoms with Crippen LogP contribution in [0.1, 0.15) is 34.9 Å². The topological polar surface area (TPSA) is 61.9 Å². The molecule has 0 spiro atoms. The van der Waals surface area contributed by atoms with Gasteiger partial charge in [-0.2, -0.15) is 0 Å². The minimum atomic E-state index is -0.286. The first-order valence-electron chi connectivity index (χ1n) is 12.0. The molecule has 1 aromatic heterocycles. The Kier molecular flexibility index (Phi) is 7.42. The number of amides is 3. The van der Waals surface area contributed by atoms with Crippen LogP contribution in [-0.2, 0) is 11.2 Å². The zero-order valence-electron chi connectivity index (χ0n) is 19.9. The Morgan fingerprint density at radius 2 is 2.00 bits per heavy atom. The second-order valence-corrected chi connectivity index (χ2v) is 11.0. The number of rotatable bonds is 7. The number of carbonyl (C=O) groups excluding carboxylic acids is 2. The molecule has 1 aliphatic heterocycles. The molecule has 1 aliphatic carbocycles. The Labute approximate surface area is 224 Å². The SMILES string of the molecule is Cc1cc(OCC2c3ccsc3CCN2C(=O)CN(C(=O)Nc2cccc(Cl)c2)C2CC2)ccc1Cl. The molecule has 1 N–H and O–H groups in total. The molecule has 2 heterocycles. The summed E-state index contributed by atoms with van der Waals surface area (Å²) < 4.78 is 6.14. The van der Waals surface area contributed by atoms with E-state index in [9.17, 15) is 9.59 Å². The lowest BCUT2D eigenvalue weighted by atomic mass is 10.0. The van der Waals surface area contributed by atoms with Gasteiger partial charge in [-0.1, -0.05) is 29.3 Å². The number of benzene rings is 2. The lowest BCUT2D eigenvalue weighted by molar-refractivity contribution is -0.135. The molecule has 1 unspecified atom stereocenters. The van der Waals surface area contributed by atoms with Gasteiger partial charge in [0, 0.05) is 33.2 Å². The van der Waals surface area contributed by atoms with Crippen molar-refractivity contribution in [3.63, 3.8) is 0 Å². The molecule has 0 bridgehead atoms. The lowest BCUT2D eigenvalue weighted by Gasteiger charge is -2.37. The van der Waals surface area contributed by atoms with Crippen LogP contribution in [0.5, 0.6) is 5.75 Å². The number of hydrogen-bond donors (Lipinski definition) is 1. The van der Waals surface area contributed by atoms with Crippen LogP contribution in [0, 0.1) is 6.92 Å². The Morgan fingerprint density at radius 1 is 1.17 bits per heavy atom. The first kappa shape index (κ1) is 24.9. The Morgan fingerprint density at radius 3 is 2.75 bits per heavy atom. The van der Waals surface area contributed by atoms with E-state index in [-0.39, 0.29) is 30.6 Å². The summed E-state index contributed by atoms with van der Waals surface area (Å²) in [5.74, 6) is 0.632. The van der Waals surface area contributed by atoms with Crippen LogP contribution in [-0.4, -0.2) is 47.5 Å². The van der Waals surface area contributed by atoms with E-state index in [0.717, 1.165) is 30.4 Å². The largest absolute Gasteiger partial charge is 0.491 e. The number of ether oxygens (including phenoxy) is 1. The third-order valence-corrected chi connectivity index (χ3v) is 8.24. The standard InChI is InChI=1S/C27H27Cl2N3O3S/c1-17-13-21(7-8-23(17)29)35-16-24-22-10-12-36-25(22)9-11-31(24)26(33)15-32(20-5-6-20)27(34)30-19-4-2-3-18(28)14-19/h2-4,7-8,10,12-14,20,24H,5-6,9,11,15-16H2,1H3,(H,30,34). The number of urea groups is 1. The molecule has 2 aromatic carbocycles. The quantitative estimate of drug-likeness (QED) is 0.366. The number of thiophene rings is 1. The smallest absolute Gasteiger partial charge is 0.322 e. The van der Waals surface area contributed by atoms with Crippen molar-refractivity contribution >= 4 is 52.2 Å². The van der Waals surface area contributed by atoms with E-state index in [2.05, 4.69) is 16.8 Å². The molecule has 36 heavy (non-hydrogen) atoms. The van der Waals surface area contributed by atoms with E-state index in [4.69, 9.17) is 27.9 Å². The number of fused-ring (bicyclic) bond motifs is 1. The molecule has 188 valence electrons. The van der Waals surface area contributed by atoms with Gasteiger partial charge in [0.25, 0.3) is 0 Å². The molecule has 6 nitrogen and oxygen atoms in total. The number of anilines is 1. The fourth-order valence-electron chi connectivity index (χ4n) is 4.51. The van der Waals surface area contributed by atoms with Gasteiger partial charge in [-0.05, 0) is 85.2 Å². The van der Waals surface area contributed by atoms with Crippen molar-refractivity contribution in [3.05, 3.63) is 80.0 Å². The summed E-state index contributed by atoms with van der Waals surface area (Å²) in [5.41, 5.74) is 2.66. The molecule has 1 atom stereocenters. The molecular formula is C27H27Cl2N3O3S. The average Bonchev–Trinajstić information content (AvgIpc) is 3.58. The van der Waals surface area contributed by atoms with Gasteiger partial charge in [0.15, 0.2) is 0 Å². The van der Waals surface area contributed by atoms with Gasteiger partial charge in [0.1, 0.15) is 18.9 Å². The van der Waals surface area contributed by atoms with Gasteiger partial charge in [-0.15, -0.1) is 11.3 Å². The molecule has 9 heteroatoms. The highest BCUT2D eigenvalue weighted by molar-refractivity contribution is 7.10. The van der Waals surface area contributed by atoms with Gasteiger partial charge >= 0.3 is 6.03 Å². The normalized spacial score (nSPS) is 16.9. The van der Waals surface area contributed by atoms with Crippen molar-refractivity contribution in [2.45, 2.75) is 38.3 Å². The second-order valence-electron chi connectivity index (χ2n) is 9.17. The molecule has 2 aliphatic rings. The molecule has 3 amide bonds. The molecule has 0 radical (unpaired) electrons. The minimum absolute atomic E-state index is 0.0209. The third-order valence-electron chi connectivity index (χ3n) is 6.58. The minimum Gasteiger partial charge on any atom is -0.491 e. The first-order chi connectivity index (χ1) is 17.4. The maximum Gasteiger partial charge on any atom is 0.322 e. The summed E-state index contributed by atoms with van der Waals surface area (Å²) >= 11 is 13.9. The van der Waals surface area contributed by atoms with Gasteiger partial charge in [-0.25, -0.2) is 4.79 Å². The van der Waals surface area contributed by atoms with Crippen LogP contribution in [0.3, 0.4) is 0 Å². The summed E-state index contributed by atoms with van der Waals surface area (Å²) in [7, 11) is 0. The van der Waals surface area contributed by atoms with E-state index >= 15 is 0 Å². The molecule has 0 saturated heterocycles. The van der Waals surface area contributed by atoms with Crippen LogP contribution in [0.25, 0.3) is 0 Å². The number of halogens is 2. The van der Waals surface area contributed by atoms with Crippen LogP contribution >= 0.6 is 34.5 Å². The van der Waals surface area contributed by atoms with Crippen molar-refractivity contribution in [3.8, 4) is 5.75 Å². The lowest BCUT2D eigenvalue weighted by Crippen LogP contribution is -2.49. The number of hydrogen-bond acceptors (Lipinski definition) is 4. The van der Waals surface area contributed by atoms with E-state index in [1.54, 1.807) is 40.5 Å². The van der Waals surface area contributed by atoms with E-state index < -0.39 is 0 Å². The Balaban J connectivity index is 1.31. The fraction of sp³-hybridized carbons (Fsp3) is 0.333. The van der Waals surface area contributed by atoms with Crippen molar-refractivity contribution in [2.75, 3.05) is 25.0 Å². The number of nitrogens with one attached hydrogen (secondary N) is 1. The van der Waals surface area contributed by atoms with Gasteiger partial charge < -0.3 is 19.9 Å². The number of carbonyl (C=O) groups is 2. The predicted molar refractivity (Wildman–Crippen MR) is 144 cm³/mol. The van der Waals surface area contributed by atoms with Crippen LogP contribution in [0.2, 0.25) is 10.0 Å². The van der Waals surface area contributed by atoms with E-state index in [1.807, 2.05) is 30.0 Å². The molecule has 1 saturated carbocycles. The highest BCUT2D eigenvalue weighted by atomic mass is 35.5. The van der Waals surface area contributed by atoms with Crippen molar-refractivity contribution in [1.82, 2.24) is 9.80 Å². The average molecular weight is 545 g/mol. The molecular weight excluding hydrogens is 517 g/mol. The molecule has 3 aromatic rings. The Hall–Kier alpha value is -2.74. The van der Waals surface area contributed by atoms with E-state index in [0.29, 0.717) is 34.6 Å². The maximum absolute atomic E-state index is 13.6. The van der Waals surface area contributed by atoms with Crippen molar-refractivity contribution in [1.29, 1.82) is 0 Å². The van der Waals surface area contributed by atoms with Gasteiger partial charge in [0.2, 0.25) is 5.91 Å². The predicted octanol–water partition coefficient (Wildman–Crippen LogP) is 6.56. The van der Waals surface area contributed by atoms with E-state index in [1.165, 1.54) is 4.88 Å². The van der Waals surface area contributed by atoms with Crippen LogP contribution in [0.4, 0.5) is 10.5 Å². The summed E-state index contributed by atoms with van der Waals surface area (Å²) in [6, 6.07) is 14.2. The highest BCUT2D eigenvalue weighted by Crippen LogP contribution is 2.35. The fourth-order valence-corrected chi connectivity index (χ4v) is 5.74. The third kappa shape index (κ3) is 5.64. The summed E-state index contributed by atoms with van der Waals surface area (Å²) in [6.45, 7) is 2.87. The summed E-state index contributed by atoms with van der Waals surface area (Å²) in [5, 5.41) is 6.18. The van der Waals surface area contributed by atoms with Gasteiger partial charge in [0.05, 0.1) is 6.04 Å². The Bertz CT molecular complexity index is 1280. The van der Waals surface area contributed by atoms with Gasteiger partial charge in [-0.3, -0.25) is 4.79 Å². The molecule has 1 fully saturated rings. The van der Waals surface area contributed by atoms with Crippen molar-refractivity contribution < 1.29 is 14.3 Å². The monoisotopic (exact) mass is 543 g/mol. The summed E-state index contributed by atoms with van der Waals surface area (Å²) in [4.78, 5) is 31.5. The zero-order chi connectivity index (χ0) is 25.2. The highest BCUT2D eigenvalue weighted by Gasteiger charge is 2.38. The van der Waals surface area contributed by atoms with Crippen molar-refractivity contribution in [2.24, 2.45) is 0 Å². The molecule has 5 rings (SSSR count). The maximum atomic E-state index is 13.6. The first-order valence-corrected chi connectivity index (χ1v) is 13.6. The summed E-state index contributed by atoms with van der Waals surface area (Å²) in [6.07, 6.45) is 2.59.